The van der Waals surface area contributed by atoms with E-state index in [2.05, 4.69) is 42.9 Å². The normalized spacial score (nSPS) is 10.6. The van der Waals surface area contributed by atoms with Gasteiger partial charge in [0, 0.05) is 12.4 Å². The van der Waals surface area contributed by atoms with Crippen molar-refractivity contribution in [1.29, 1.82) is 0 Å². The summed E-state index contributed by atoms with van der Waals surface area (Å²) in [6, 6.07) is 8.20. The molecule has 0 saturated carbocycles. The minimum Gasteiger partial charge on any atom is -0.424 e. The summed E-state index contributed by atoms with van der Waals surface area (Å²) >= 11 is 0. The molecule has 2 aromatic rings. The molecule has 0 aliphatic rings. The lowest BCUT2D eigenvalue weighted by atomic mass is 9.98. The van der Waals surface area contributed by atoms with Gasteiger partial charge in [-0.2, -0.15) is 0 Å². The largest absolute Gasteiger partial charge is 0.424 e. The van der Waals surface area contributed by atoms with Gasteiger partial charge in [-0.1, -0.05) is 19.9 Å². The molecule has 0 bridgehead atoms. The van der Waals surface area contributed by atoms with E-state index in [9.17, 15) is 0 Å². The summed E-state index contributed by atoms with van der Waals surface area (Å²) in [7, 11) is 0. The Morgan fingerprint density at radius 2 is 1.82 bits per heavy atom. The van der Waals surface area contributed by atoms with Crippen molar-refractivity contribution in [2.45, 2.75) is 26.7 Å². The number of ether oxygens (including phenoxy) is 1. The summed E-state index contributed by atoms with van der Waals surface area (Å²) in [6.07, 6.45) is 3.33. The number of hydrogen-bond acceptors (Lipinski definition) is 3. The van der Waals surface area contributed by atoms with Gasteiger partial charge >= 0.3 is 6.01 Å². The molecule has 17 heavy (non-hydrogen) atoms. The van der Waals surface area contributed by atoms with Crippen LogP contribution in [0.2, 0.25) is 0 Å². The predicted molar refractivity (Wildman–Crippen MR) is 67.4 cm³/mol. The molecule has 0 N–H and O–H groups in total. The lowest BCUT2D eigenvalue weighted by Crippen LogP contribution is -1.95. The van der Waals surface area contributed by atoms with Crippen molar-refractivity contribution in [3.05, 3.63) is 47.8 Å². The van der Waals surface area contributed by atoms with Crippen LogP contribution in [0.4, 0.5) is 0 Å². The van der Waals surface area contributed by atoms with Gasteiger partial charge in [0.15, 0.2) is 0 Å². The molecule has 1 aromatic carbocycles. The third-order valence-corrected chi connectivity index (χ3v) is 2.62. The number of aryl methyl sites for hydroxylation is 1. The molecular weight excluding hydrogens is 212 g/mol. The summed E-state index contributed by atoms with van der Waals surface area (Å²) in [5, 5.41) is 0. The van der Waals surface area contributed by atoms with Crippen LogP contribution in [0.3, 0.4) is 0 Å². The van der Waals surface area contributed by atoms with Gasteiger partial charge in [-0.3, -0.25) is 0 Å². The summed E-state index contributed by atoms with van der Waals surface area (Å²) in [6.45, 7) is 6.45. The fourth-order valence-corrected chi connectivity index (χ4v) is 1.75. The van der Waals surface area contributed by atoms with E-state index in [0.29, 0.717) is 11.9 Å². The van der Waals surface area contributed by atoms with Crippen molar-refractivity contribution in [3.8, 4) is 11.8 Å². The van der Waals surface area contributed by atoms with Crippen LogP contribution in [0.5, 0.6) is 11.8 Å². The van der Waals surface area contributed by atoms with Crippen molar-refractivity contribution < 1.29 is 4.74 Å². The van der Waals surface area contributed by atoms with Crippen LogP contribution in [-0.2, 0) is 0 Å². The maximum absolute atomic E-state index is 5.60. The number of hydrogen-bond donors (Lipinski definition) is 0. The summed E-state index contributed by atoms with van der Waals surface area (Å²) < 4.78 is 5.60. The fourth-order valence-electron chi connectivity index (χ4n) is 1.75. The van der Waals surface area contributed by atoms with Crippen LogP contribution in [0.15, 0.2) is 36.7 Å². The molecule has 0 saturated heterocycles. The summed E-state index contributed by atoms with van der Waals surface area (Å²) in [4.78, 5) is 8.08. The number of benzene rings is 1. The van der Waals surface area contributed by atoms with Gasteiger partial charge in [0.1, 0.15) is 5.75 Å². The van der Waals surface area contributed by atoms with Crippen molar-refractivity contribution >= 4 is 0 Å². The second kappa shape index (κ2) is 4.95. The van der Waals surface area contributed by atoms with Crippen molar-refractivity contribution in [3.63, 3.8) is 0 Å². The first kappa shape index (κ1) is 11.6. The fraction of sp³-hybridized carbons (Fsp3) is 0.286. The minimum absolute atomic E-state index is 0.381. The molecular formula is C14H16N2O. The monoisotopic (exact) mass is 228 g/mol. The van der Waals surface area contributed by atoms with E-state index in [-0.39, 0.29) is 0 Å². The van der Waals surface area contributed by atoms with Gasteiger partial charge in [-0.15, -0.1) is 0 Å². The molecule has 1 aromatic heterocycles. The molecule has 0 spiro atoms. The third kappa shape index (κ3) is 2.81. The molecule has 0 radical (unpaired) electrons. The highest BCUT2D eigenvalue weighted by atomic mass is 16.5. The van der Waals surface area contributed by atoms with Crippen LogP contribution < -0.4 is 4.74 Å². The highest BCUT2D eigenvalue weighted by Crippen LogP contribution is 2.26. The summed E-state index contributed by atoms with van der Waals surface area (Å²) in [5.41, 5.74) is 2.57. The van der Waals surface area contributed by atoms with E-state index < -0.39 is 0 Å². The number of nitrogens with zero attached hydrogens (tertiary/aromatic N) is 2. The lowest BCUT2D eigenvalue weighted by molar-refractivity contribution is 0.441. The Balaban J connectivity index is 2.26. The highest BCUT2D eigenvalue weighted by molar-refractivity contribution is 5.37. The van der Waals surface area contributed by atoms with Crippen molar-refractivity contribution in [2.24, 2.45) is 0 Å². The Morgan fingerprint density at radius 3 is 2.47 bits per heavy atom. The van der Waals surface area contributed by atoms with Gasteiger partial charge in [0.2, 0.25) is 0 Å². The second-order valence-corrected chi connectivity index (χ2v) is 4.31. The predicted octanol–water partition coefficient (Wildman–Crippen LogP) is 3.70. The van der Waals surface area contributed by atoms with Gasteiger partial charge in [-0.05, 0) is 42.2 Å². The molecule has 0 aliphatic carbocycles. The molecule has 0 fully saturated rings. The second-order valence-electron chi connectivity index (χ2n) is 4.31. The first-order chi connectivity index (χ1) is 8.16. The molecule has 1 heterocycles. The van der Waals surface area contributed by atoms with E-state index in [0.717, 1.165) is 5.75 Å². The standard InChI is InChI=1S/C14H16N2O/c1-10(2)13-9-12(6-5-11(13)3)17-14-15-7-4-8-16-14/h4-10H,1-3H3. The van der Waals surface area contributed by atoms with Crippen LogP contribution in [0, 0.1) is 6.92 Å². The van der Waals surface area contributed by atoms with Gasteiger partial charge in [0.25, 0.3) is 0 Å². The molecule has 0 amide bonds. The molecule has 0 aliphatic heterocycles. The van der Waals surface area contributed by atoms with Gasteiger partial charge < -0.3 is 4.74 Å². The molecule has 3 heteroatoms. The van der Waals surface area contributed by atoms with Crippen molar-refractivity contribution in [1.82, 2.24) is 9.97 Å². The van der Waals surface area contributed by atoms with Crippen molar-refractivity contribution in [2.75, 3.05) is 0 Å². The van der Waals surface area contributed by atoms with E-state index in [1.54, 1.807) is 18.5 Å². The van der Waals surface area contributed by atoms with E-state index in [1.807, 2.05) is 6.07 Å². The van der Waals surface area contributed by atoms with Gasteiger partial charge in [0.05, 0.1) is 0 Å². The smallest absolute Gasteiger partial charge is 0.321 e. The summed E-state index contributed by atoms with van der Waals surface area (Å²) in [5.74, 6) is 1.26. The van der Waals surface area contributed by atoms with Crippen LogP contribution in [-0.4, -0.2) is 9.97 Å². The maximum Gasteiger partial charge on any atom is 0.321 e. The lowest BCUT2D eigenvalue weighted by Gasteiger charge is -2.11. The Hall–Kier alpha value is -1.90. The topological polar surface area (TPSA) is 35.0 Å². The Labute approximate surface area is 102 Å². The third-order valence-electron chi connectivity index (χ3n) is 2.62. The maximum atomic E-state index is 5.60. The Kier molecular flexibility index (Phi) is 3.38. The average molecular weight is 228 g/mol. The first-order valence-corrected chi connectivity index (χ1v) is 5.72. The van der Waals surface area contributed by atoms with Crippen LogP contribution in [0.1, 0.15) is 30.9 Å². The number of aromatic nitrogens is 2. The van der Waals surface area contributed by atoms with E-state index in [1.165, 1.54) is 11.1 Å². The molecule has 0 unspecified atom stereocenters. The molecule has 88 valence electrons. The van der Waals surface area contributed by atoms with E-state index in [4.69, 9.17) is 4.74 Å². The zero-order valence-electron chi connectivity index (χ0n) is 10.3. The zero-order valence-corrected chi connectivity index (χ0v) is 10.3. The highest BCUT2D eigenvalue weighted by Gasteiger charge is 2.06. The van der Waals surface area contributed by atoms with Gasteiger partial charge in [-0.25, -0.2) is 9.97 Å². The van der Waals surface area contributed by atoms with E-state index >= 15 is 0 Å². The molecule has 2 rings (SSSR count). The SMILES string of the molecule is Cc1ccc(Oc2ncccn2)cc1C(C)C. The molecule has 0 atom stereocenters. The number of rotatable bonds is 3. The van der Waals surface area contributed by atoms with Crippen LogP contribution in [0.25, 0.3) is 0 Å². The first-order valence-electron chi connectivity index (χ1n) is 5.72. The minimum atomic E-state index is 0.381. The Morgan fingerprint density at radius 1 is 1.12 bits per heavy atom. The zero-order chi connectivity index (χ0) is 12.3. The Bertz CT molecular complexity index is 495. The van der Waals surface area contributed by atoms with Crippen LogP contribution >= 0.6 is 0 Å². The average Bonchev–Trinajstić information content (AvgIpc) is 2.32. The quantitative estimate of drug-likeness (QED) is 0.803. The molecule has 3 nitrogen and oxygen atoms in total.